The number of aromatic nitrogens is 2. The molecule has 168 valence electrons. The Morgan fingerprint density at radius 1 is 1.25 bits per heavy atom. The van der Waals surface area contributed by atoms with Gasteiger partial charge in [-0.2, -0.15) is 5.10 Å². The van der Waals surface area contributed by atoms with Crippen molar-refractivity contribution in [2.24, 2.45) is 0 Å². The molecular formula is C25H28FN3O3. The molecule has 32 heavy (non-hydrogen) atoms. The van der Waals surface area contributed by atoms with Crippen LogP contribution in [0.2, 0.25) is 0 Å². The van der Waals surface area contributed by atoms with Crippen LogP contribution >= 0.6 is 0 Å². The largest absolute Gasteiger partial charge is 0.439 e. The Hall–Kier alpha value is -3.19. The molecule has 0 saturated carbocycles. The highest BCUT2D eigenvalue weighted by Gasteiger charge is 2.21. The Morgan fingerprint density at radius 2 is 2.06 bits per heavy atom. The quantitative estimate of drug-likeness (QED) is 0.557. The van der Waals surface area contributed by atoms with Crippen LogP contribution in [0, 0.1) is 19.7 Å². The van der Waals surface area contributed by atoms with Crippen LogP contribution in [0.3, 0.4) is 0 Å². The molecule has 6 nitrogen and oxygen atoms in total. The van der Waals surface area contributed by atoms with Gasteiger partial charge >= 0.3 is 0 Å². The molecular weight excluding hydrogens is 409 g/mol. The number of rotatable bonds is 8. The summed E-state index contributed by atoms with van der Waals surface area (Å²) in [6, 6.07) is 13.8. The summed E-state index contributed by atoms with van der Waals surface area (Å²) >= 11 is 0. The highest BCUT2D eigenvalue weighted by molar-refractivity contribution is 5.76. The van der Waals surface area contributed by atoms with Gasteiger partial charge in [0.05, 0.1) is 17.5 Å². The summed E-state index contributed by atoms with van der Waals surface area (Å²) in [6.45, 7) is 5.23. The van der Waals surface area contributed by atoms with E-state index >= 15 is 0 Å². The number of hydrogen-bond donors (Lipinski definition) is 1. The van der Waals surface area contributed by atoms with Gasteiger partial charge < -0.3 is 14.8 Å². The van der Waals surface area contributed by atoms with Gasteiger partial charge in [-0.15, -0.1) is 0 Å². The third-order valence-electron chi connectivity index (χ3n) is 5.56. The van der Waals surface area contributed by atoms with E-state index in [1.54, 1.807) is 16.8 Å². The molecule has 1 saturated heterocycles. The Labute approximate surface area is 187 Å². The first kappa shape index (κ1) is 22.0. The zero-order valence-corrected chi connectivity index (χ0v) is 18.4. The number of nitrogens with zero attached hydrogens (tertiary/aromatic N) is 2. The van der Waals surface area contributed by atoms with E-state index in [9.17, 15) is 9.18 Å². The van der Waals surface area contributed by atoms with E-state index in [1.165, 1.54) is 12.1 Å². The number of benzene rings is 2. The van der Waals surface area contributed by atoms with Gasteiger partial charge in [0.25, 0.3) is 0 Å². The van der Waals surface area contributed by atoms with Crippen LogP contribution in [0.5, 0.6) is 11.6 Å². The lowest BCUT2D eigenvalue weighted by atomic mass is 10.1. The van der Waals surface area contributed by atoms with Crippen LogP contribution < -0.4 is 10.1 Å². The number of carbonyl (C=O) groups is 1. The zero-order chi connectivity index (χ0) is 22.5. The minimum atomic E-state index is -0.330. The van der Waals surface area contributed by atoms with E-state index in [4.69, 9.17) is 9.47 Å². The smallest absolute Gasteiger partial charge is 0.226 e. The molecule has 2 heterocycles. The second-order valence-electron chi connectivity index (χ2n) is 8.12. The van der Waals surface area contributed by atoms with E-state index in [0.29, 0.717) is 31.0 Å². The molecule has 7 heteroatoms. The van der Waals surface area contributed by atoms with Gasteiger partial charge in [-0.25, -0.2) is 9.07 Å². The van der Waals surface area contributed by atoms with Gasteiger partial charge in [-0.1, -0.05) is 12.1 Å². The minimum absolute atomic E-state index is 0.0315. The van der Waals surface area contributed by atoms with Crippen molar-refractivity contribution in [2.75, 3.05) is 13.2 Å². The van der Waals surface area contributed by atoms with Crippen molar-refractivity contribution in [3.8, 4) is 17.3 Å². The SMILES string of the molecule is Cc1cccc(-n2nc(C)c(CCC(=O)NC[C@H]3CCCO3)c2Oc2ccc(F)cc2)c1. The summed E-state index contributed by atoms with van der Waals surface area (Å²) in [5.74, 6) is 0.677. The highest BCUT2D eigenvalue weighted by Crippen LogP contribution is 2.32. The highest BCUT2D eigenvalue weighted by atomic mass is 19.1. The summed E-state index contributed by atoms with van der Waals surface area (Å²) in [5.41, 5.74) is 3.59. The summed E-state index contributed by atoms with van der Waals surface area (Å²) in [7, 11) is 0. The molecule has 1 N–H and O–H groups in total. The van der Waals surface area contributed by atoms with Crippen LogP contribution in [-0.4, -0.2) is 34.9 Å². The topological polar surface area (TPSA) is 65.4 Å². The van der Waals surface area contributed by atoms with Crippen LogP contribution in [0.4, 0.5) is 4.39 Å². The third-order valence-corrected chi connectivity index (χ3v) is 5.56. The molecule has 0 bridgehead atoms. The molecule has 0 aliphatic carbocycles. The molecule has 1 atom stereocenters. The number of amides is 1. The van der Waals surface area contributed by atoms with E-state index in [1.807, 2.05) is 38.1 Å². The van der Waals surface area contributed by atoms with Crippen LogP contribution in [0.25, 0.3) is 5.69 Å². The maximum Gasteiger partial charge on any atom is 0.226 e. The van der Waals surface area contributed by atoms with E-state index < -0.39 is 0 Å². The lowest BCUT2D eigenvalue weighted by Crippen LogP contribution is -2.31. The van der Waals surface area contributed by atoms with Gasteiger partial charge in [0.1, 0.15) is 11.6 Å². The van der Waals surface area contributed by atoms with Gasteiger partial charge in [0, 0.05) is 25.1 Å². The van der Waals surface area contributed by atoms with Crippen molar-refractivity contribution in [1.82, 2.24) is 15.1 Å². The monoisotopic (exact) mass is 437 g/mol. The summed E-state index contributed by atoms with van der Waals surface area (Å²) in [6.07, 6.45) is 2.93. The number of carbonyl (C=O) groups excluding carboxylic acids is 1. The maximum absolute atomic E-state index is 13.4. The second-order valence-corrected chi connectivity index (χ2v) is 8.12. The zero-order valence-electron chi connectivity index (χ0n) is 18.4. The van der Waals surface area contributed by atoms with Gasteiger partial charge in [-0.05, 0) is 75.1 Å². The molecule has 1 aromatic heterocycles. The fourth-order valence-electron chi connectivity index (χ4n) is 3.84. The maximum atomic E-state index is 13.4. The Bertz CT molecular complexity index is 1070. The Balaban J connectivity index is 1.55. The van der Waals surface area contributed by atoms with E-state index in [-0.39, 0.29) is 17.8 Å². The average Bonchev–Trinajstić information content (AvgIpc) is 3.40. The molecule has 1 aliphatic heterocycles. The molecule has 1 fully saturated rings. The van der Waals surface area contributed by atoms with E-state index in [0.717, 1.165) is 42.0 Å². The van der Waals surface area contributed by atoms with Crippen LogP contribution in [-0.2, 0) is 16.0 Å². The van der Waals surface area contributed by atoms with Gasteiger partial charge in [0.2, 0.25) is 11.8 Å². The minimum Gasteiger partial charge on any atom is -0.439 e. The lowest BCUT2D eigenvalue weighted by molar-refractivity contribution is -0.121. The Morgan fingerprint density at radius 3 is 2.78 bits per heavy atom. The van der Waals surface area contributed by atoms with Gasteiger partial charge in [-0.3, -0.25) is 4.79 Å². The fourth-order valence-corrected chi connectivity index (χ4v) is 3.84. The normalized spacial score (nSPS) is 15.7. The van der Waals surface area contributed by atoms with Crippen molar-refractivity contribution in [3.05, 3.63) is 71.2 Å². The van der Waals surface area contributed by atoms with Crippen molar-refractivity contribution in [1.29, 1.82) is 0 Å². The van der Waals surface area contributed by atoms with E-state index in [2.05, 4.69) is 10.4 Å². The molecule has 2 aromatic carbocycles. The van der Waals surface area contributed by atoms with Crippen molar-refractivity contribution >= 4 is 5.91 Å². The average molecular weight is 438 g/mol. The molecule has 3 aromatic rings. The lowest BCUT2D eigenvalue weighted by Gasteiger charge is -2.13. The molecule has 4 rings (SSSR count). The Kier molecular flexibility index (Phi) is 6.85. The molecule has 0 radical (unpaired) electrons. The van der Waals surface area contributed by atoms with Gasteiger partial charge in [0.15, 0.2) is 0 Å². The first-order valence-corrected chi connectivity index (χ1v) is 11.0. The van der Waals surface area contributed by atoms with Crippen LogP contribution in [0.15, 0.2) is 48.5 Å². The first-order chi connectivity index (χ1) is 15.5. The number of aryl methyl sites for hydroxylation is 2. The number of ether oxygens (including phenoxy) is 2. The summed E-state index contributed by atoms with van der Waals surface area (Å²) in [5, 5.41) is 7.65. The predicted molar refractivity (Wildman–Crippen MR) is 120 cm³/mol. The van der Waals surface area contributed by atoms with Crippen molar-refractivity contribution < 1.29 is 18.7 Å². The number of hydrogen-bond acceptors (Lipinski definition) is 4. The number of nitrogens with one attached hydrogen (secondary N) is 1. The number of halogens is 1. The second kappa shape index (κ2) is 9.96. The van der Waals surface area contributed by atoms with Crippen molar-refractivity contribution in [2.45, 2.75) is 45.6 Å². The molecule has 1 amide bonds. The fraction of sp³-hybridized carbons (Fsp3) is 0.360. The first-order valence-electron chi connectivity index (χ1n) is 11.0. The molecule has 0 spiro atoms. The van der Waals surface area contributed by atoms with Crippen molar-refractivity contribution in [3.63, 3.8) is 0 Å². The summed E-state index contributed by atoms with van der Waals surface area (Å²) < 4.78 is 26.8. The molecule has 1 aliphatic rings. The predicted octanol–water partition coefficient (Wildman–Crippen LogP) is 4.65. The van der Waals surface area contributed by atoms with Crippen LogP contribution in [0.1, 0.15) is 36.1 Å². The standard InChI is InChI=1S/C25H28FN3O3/c1-17-5-3-6-20(15-17)29-25(32-21-10-8-19(26)9-11-21)23(18(2)28-29)12-13-24(30)27-16-22-7-4-14-31-22/h3,5-6,8-11,15,22H,4,7,12-14,16H2,1-2H3,(H,27,30)/t22-/m1/s1. The molecule has 0 unspecified atom stereocenters. The third kappa shape index (κ3) is 5.34. The summed E-state index contributed by atoms with van der Waals surface area (Å²) in [4.78, 5) is 12.4.